The van der Waals surface area contributed by atoms with Gasteiger partial charge in [-0.1, -0.05) is 18.2 Å². The van der Waals surface area contributed by atoms with E-state index in [9.17, 15) is 13.2 Å². The largest absolute Gasteiger partial charge is 0.416 e. The minimum absolute atomic E-state index is 0.144. The number of nitrogens with two attached hydrogens (primary N) is 1. The van der Waals surface area contributed by atoms with Crippen LogP contribution in [0.2, 0.25) is 0 Å². The molecule has 2 N–H and O–H groups in total. The Hall–Kier alpha value is -1.82. The van der Waals surface area contributed by atoms with Crippen molar-refractivity contribution in [1.29, 1.82) is 0 Å². The second-order valence-electron chi connectivity index (χ2n) is 4.21. The highest BCUT2D eigenvalue weighted by Crippen LogP contribution is 2.32. The normalized spacial score (nSPS) is 11.8. The van der Waals surface area contributed by atoms with Gasteiger partial charge in [0.15, 0.2) is 0 Å². The second kappa shape index (κ2) is 5.44. The Labute approximate surface area is 108 Å². The lowest BCUT2D eigenvalue weighted by Crippen LogP contribution is -2.13. The fraction of sp³-hybridized carbons (Fsp3) is 0.308. The lowest BCUT2D eigenvalue weighted by molar-refractivity contribution is -0.138. The maximum atomic E-state index is 12.9. The predicted molar refractivity (Wildman–Crippen MR) is 65.5 cm³/mol. The summed E-state index contributed by atoms with van der Waals surface area (Å²) in [6.45, 7) is 0.581. The topological polar surface area (TPSA) is 43.8 Å². The zero-order valence-corrected chi connectivity index (χ0v) is 10.2. The Morgan fingerprint density at radius 1 is 1.21 bits per heavy atom. The van der Waals surface area contributed by atoms with E-state index in [1.54, 1.807) is 16.8 Å². The number of hydrogen-bond donors (Lipinski definition) is 1. The van der Waals surface area contributed by atoms with Crippen LogP contribution in [0.5, 0.6) is 0 Å². The van der Waals surface area contributed by atoms with Gasteiger partial charge < -0.3 is 10.3 Å². The van der Waals surface area contributed by atoms with Crippen molar-refractivity contribution in [3.05, 3.63) is 53.6 Å². The van der Waals surface area contributed by atoms with Crippen molar-refractivity contribution in [2.75, 3.05) is 6.54 Å². The molecule has 0 saturated heterocycles. The van der Waals surface area contributed by atoms with Crippen molar-refractivity contribution in [1.82, 2.24) is 9.55 Å². The molecule has 2 aromatic rings. The number of nitrogens with zero attached hydrogens (tertiary/aromatic N) is 2. The molecule has 3 nitrogen and oxygen atoms in total. The number of rotatable bonds is 4. The van der Waals surface area contributed by atoms with E-state index in [-0.39, 0.29) is 12.1 Å². The smallest absolute Gasteiger partial charge is 0.330 e. The third kappa shape index (κ3) is 3.14. The molecule has 0 amide bonds. The van der Waals surface area contributed by atoms with Crippen molar-refractivity contribution in [3.63, 3.8) is 0 Å². The lowest BCUT2D eigenvalue weighted by atomic mass is 10.1. The highest BCUT2D eigenvalue weighted by molar-refractivity contribution is 5.30. The fourth-order valence-corrected chi connectivity index (χ4v) is 1.96. The monoisotopic (exact) mass is 269 g/mol. The number of halogens is 3. The molecule has 0 aliphatic rings. The Kier molecular flexibility index (Phi) is 3.90. The Balaban J connectivity index is 2.31. The van der Waals surface area contributed by atoms with E-state index in [1.165, 1.54) is 18.5 Å². The quantitative estimate of drug-likeness (QED) is 0.926. The van der Waals surface area contributed by atoms with Crippen molar-refractivity contribution >= 4 is 0 Å². The number of hydrogen-bond acceptors (Lipinski definition) is 2. The van der Waals surface area contributed by atoms with Crippen LogP contribution in [0.1, 0.15) is 16.8 Å². The first kappa shape index (κ1) is 13.6. The van der Waals surface area contributed by atoms with Gasteiger partial charge in [0.25, 0.3) is 0 Å². The summed E-state index contributed by atoms with van der Waals surface area (Å²) in [6, 6.07) is 5.56. The average molecular weight is 269 g/mol. The molecule has 0 aliphatic heterocycles. The average Bonchev–Trinajstić information content (AvgIpc) is 2.77. The predicted octanol–water partition coefficient (Wildman–Crippen LogP) is 2.45. The van der Waals surface area contributed by atoms with Crippen LogP contribution in [0, 0.1) is 0 Å². The molecule has 0 aliphatic carbocycles. The molecule has 0 atom stereocenters. The fourth-order valence-electron chi connectivity index (χ4n) is 1.96. The van der Waals surface area contributed by atoms with Crippen molar-refractivity contribution in [2.24, 2.45) is 5.73 Å². The summed E-state index contributed by atoms with van der Waals surface area (Å²) in [6.07, 6.45) is -0.597. The van der Waals surface area contributed by atoms with Crippen molar-refractivity contribution in [2.45, 2.75) is 19.1 Å². The van der Waals surface area contributed by atoms with E-state index in [0.717, 1.165) is 11.8 Å². The van der Waals surface area contributed by atoms with E-state index in [1.807, 2.05) is 0 Å². The van der Waals surface area contributed by atoms with Gasteiger partial charge in [0.05, 0.1) is 11.9 Å². The SMILES string of the molecule is NCCc1cncn1Cc1ccccc1C(F)(F)F. The van der Waals surface area contributed by atoms with Gasteiger partial charge in [-0.2, -0.15) is 13.2 Å². The molecular formula is C13H14F3N3. The maximum Gasteiger partial charge on any atom is 0.416 e. The summed E-state index contributed by atoms with van der Waals surface area (Å²) in [5.74, 6) is 0. The second-order valence-corrected chi connectivity index (χ2v) is 4.21. The minimum atomic E-state index is -4.34. The molecule has 1 heterocycles. The molecule has 0 spiro atoms. The highest BCUT2D eigenvalue weighted by atomic mass is 19.4. The summed E-state index contributed by atoms with van der Waals surface area (Å²) in [5, 5.41) is 0. The van der Waals surface area contributed by atoms with Gasteiger partial charge in [-0.3, -0.25) is 0 Å². The Bertz CT molecular complexity index is 546. The van der Waals surface area contributed by atoms with Crippen molar-refractivity contribution in [3.8, 4) is 0 Å². The van der Waals surface area contributed by atoms with E-state index in [2.05, 4.69) is 4.98 Å². The van der Waals surface area contributed by atoms with Gasteiger partial charge in [-0.25, -0.2) is 4.98 Å². The molecule has 1 aromatic carbocycles. The molecular weight excluding hydrogens is 255 g/mol. The van der Waals surface area contributed by atoms with Gasteiger partial charge in [0, 0.05) is 24.9 Å². The summed E-state index contributed by atoms with van der Waals surface area (Å²) in [5.41, 5.74) is 5.91. The standard InChI is InChI=1S/C13H14F3N3/c14-13(15,16)12-4-2-1-3-10(12)8-19-9-18-7-11(19)5-6-17/h1-4,7,9H,5-6,8,17H2. The Morgan fingerprint density at radius 2 is 1.95 bits per heavy atom. The van der Waals surface area contributed by atoms with E-state index in [4.69, 9.17) is 5.73 Å². The van der Waals surface area contributed by atoms with E-state index in [0.29, 0.717) is 13.0 Å². The van der Waals surface area contributed by atoms with Gasteiger partial charge in [-0.15, -0.1) is 0 Å². The number of imidazole rings is 1. The first-order valence-electron chi connectivity index (χ1n) is 5.86. The summed E-state index contributed by atoms with van der Waals surface area (Å²) in [7, 11) is 0. The zero-order valence-electron chi connectivity index (χ0n) is 10.2. The van der Waals surface area contributed by atoms with Gasteiger partial charge >= 0.3 is 6.18 Å². The lowest BCUT2D eigenvalue weighted by Gasteiger charge is -2.14. The molecule has 1 aromatic heterocycles. The molecule has 0 fully saturated rings. The maximum absolute atomic E-state index is 12.9. The number of benzene rings is 1. The Morgan fingerprint density at radius 3 is 2.63 bits per heavy atom. The minimum Gasteiger partial charge on any atom is -0.330 e. The molecule has 0 radical (unpaired) electrons. The highest BCUT2D eigenvalue weighted by Gasteiger charge is 2.32. The van der Waals surface area contributed by atoms with E-state index < -0.39 is 11.7 Å². The summed E-state index contributed by atoms with van der Waals surface area (Å²) >= 11 is 0. The van der Waals surface area contributed by atoms with Crippen LogP contribution in [0.25, 0.3) is 0 Å². The van der Waals surface area contributed by atoms with Gasteiger partial charge in [-0.05, 0) is 18.2 Å². The molecule has 2 rings (SSSR count). The third-order valence-corrected chi connectivity index (χ3v) is 2.86. The van der Waals surface area contributed by atoms with Crippen molar-refractivity contribution < 1.29 is 13.2 Å². The third-order valence-electron chi connectivity index (χ3n) is 2.86. The van der Waals surface area contributed by atoms with Crippen LogP contribution in [0.3, 0.4) is 0 Å². The van der Waals surface area contributed by atoms with Gasteiger partial charge in [0.1, 0.15) is 0 Å². The van der Waals surface area contributed by atoms with E-state index >= 15 is 0 Å². The molecule has 6 heteroatoms. The molecule has 0 unspecified atom stereocenters. The molecule has 0 saturated carbocycles. The summed E-state index contributed by atoms with van der Waals surface area (Å²) in [4.78, 5) is 3.95. The van der Waals surface area contributed by atoms with Crippen LogP contribution in [-0.4, -0.2) is 16.1 Å². The first-order chi connectivity index (χ1) is 9.02. The molecule has 102 valence electrons. The first-order valence-corrected chi connectivity index (χ1v) is 5.86. The molecule has 19 heavy (non-hydrogen) atoms. The van der Waals surface area contributed by atoms with Crippen LogP contribution in [0.4, 0.5) is 13.2 Å². The number of alkyl halides is 3. The van der Waals surface area contributed by atoms with Crippen LogP contribution >= 0.6 is 0 Å². The van der Waals surface area contributed by atoms with Crippen LogP contribution < -0.4 is 5.73 Å². The number of aromatic nitrogens is 2. The van der Waals surface area contributed by atoms with Crippen LogP contribution in [0.15, 0.2) is 36.8 Å². The van der Waals surface area contributed by atoms with Crippen LogP contribution in [-0.2, 0) is 19.1 Å². The summed E-state index contributed by atoms with van der Waals surface area (Å²) < 4.78 is 40.3. The zero-order chi connectivity index (χ0) is 13.9. The molecule has 0 bridgehead atoms. The van der Waals surface area contributed by atoms with Gasteiger partial charge in [0.2, 0.25) is 0 Å².